The number of anilines is 1. The lowest BCUT2D eigenvalue weighted by molar-refractivity contribution is 0.102. The number of thiophene rings is 1. The van der Waals surface area contributed by atoms with E-state index < -0.39 is 0 Å². The average molecular weight is 378 g/mol. The molecule has 1 fully saturated rings. The molecule has 0 atom stereocenters. The second kappa shape index (κ2) is 6.26. The van der Waals surface area contributed by atoms with Gasteiger partial charge in [-0.1, -0.05) is 35.6 Å². The number of nitrogens with one attached hydrogen (secondary N) is 1. The fourth-order valence-electron chi connectivity index (χ4n) is 2.86. The van der Waals surface area contributed by atoms with Crippen LogP contribution < -0.4 is 5.32 Å². The minimum atomic E-state index is -0.181. The van der Waals surface area contributed by atoms with Crippen LogP contribution in [0.15, 0.2) is 47.8 Å². The van der Waals surface area contributed by atoms with E-state index >= 15 is 0 Å². The number of nitrogens with zero attached hydrogens (tertiary/aromatic N) is 3. The Morgan fingerprint density at radius 1 is 1.12 bits per heavy atom. The summed E-state index contributed by atoms with van der Waals surface area (Å²) in [4.78, 5) is 18.7. The molecule has 0 aliphatic heterocycles. The molecule has 1 aliphatic rings. The summed E-state index contributed by atoms with van der Waals surface area (Å²) in [6.45, 7) is 0. The fourth-order valence-corrected chi connectivity index (χ4v) is 4.45. The van der Waals surface area contributed by atoms with Gasteiger partial charge >= 0.3 is 0 Å². The number of aromatic nitrogens is 3. The second-order valence-electron chi connectivity index (χ2n) is 6.22. The highest BCUT2D eigenvalue weighted by molar-refractivity contribution is 7.15. The van der Waals surface area contributed by atoms with Gasteiger partial charge in [0.1, 0.15) is 5.01 Å². The Balaban J connectivity index is 1.54. The predicted octanol–water partition coefficient (Wildman–Crippen LogP) is 4.94. The molecule has 26 heavy (non-hydrogen) atoms. The SMILES string of the molecule is O=C(Nc1nnc(C2CC2)s1)c1cc(-c2cccs2)nc2ccccc12. The Morgan fingerprint density at radius 3 is 2.81 bits per heavy atom. The van der Waals surface area contributed by atoms with E-state index in [1.165, 1.54) is 24.2 Å². The number of rotatable bonds is 4. The topological polar surface area (TPSA) is 67.8 Å². The van der Waals surface area contributed by atoms with Gasteiger partial charge in [-0.15, -0.1) is 21.5 Å². The smallest absolute Gasteiger partial charge is 0.258 e. The van der Waals surface area contributed by atoms with Crippen molar-refractivity contribution >= 4 is 44.6 Å². The van der Waals surface area contributed by atoms with Crippen LogP contribution in [0.25, 0.3) is 21.5 Å². The highest BCUT2D eigenvalue weighted by Gasteiger charge is 2.28. The van der Waals surface area contributed by atoms with Crippen LogP contribution in [0.2, 0.25) is 0 Å². The van der Waals surface area contributed by atoms with Crippen LogP contribution in [0, 0.1) is 0 Å². The molecule has 5 nitrogen and oxygen atoms in total. The van der Waals surface area contributed by atoms with Gasteiger partial charge in [0.2, 0.25) is 5.13 Å². The molecule has 1 amide bonds. The second-order valence-corrected chi connectivity index (χ2v) is 8.18. The van der Waals surface area contributed by atoms with Crippen molar-refractivity contribution < 1.29 is 4.79 Å². The average Bonchev–Trinajstić information content (AvgIpc) is 3.17. The number of hydrogen-bond acceptors (Lipinski definition) is 6. The molecule has 4 aromatic rings. The van der Waals surface area contributed by atoms with Crippen LogP contribution in [0.3, 0.4) is 0 Å². The zero-order valence-electron chi connectivity index (χ0n) is 13.7. The number of pyridine rings is 1. The Hall–Kier alpha value is -2.64. The standard InChI is InChI=1S/C19H14N4OS2/c24-17(21-19-23-22-18(26-19)11-7-8-11)13-10-15(16-6-3-9-25-16)20-14-5-2-1-4-12(13)14/h1-6,9-11H,7-8H2,(H,21,23,24). The van der Waals surface area contributed by atoms with Crippen LogP contribution >= 0.6 is 22.7 Å². The third kappa shape index (κ3) is 2.89. The Morgan fingerprint density at radius 2 is 2.00 bits per heavy atom. The molecular formula is C19H14N4OS2. The molecule has 5 rings (SSSR count). The summed E-state index contributed by atoms with van der Waals surface area (Å²) >= 11 is 3.07. The Bertz CT molecular complexity index is 1100. The predicted molar refractivity (Wildman–Crippen MR) is 105 cm³/mol. The van der Waals surface area contributed by atoms with Gasteiger partial charge in [-0.25, -0.2) is 4.98 Å². The molecule has 1 saturated carbocycles. The summed E-state index contributed by atoms with van der Waals surface area (Å²) in [5, 5.41) is 15.6. The van der Waals surface area contributed by atoms with Crippen molar-refractivity contribution in [2.45, 2.75) is 18.8 Å². The number of amides is 1. The van der Waals surface area contributed by atoms with Gasteiger partial charge in [-0.2, -0.15) is 0 Å². The lowest BCUT2D eigenvalue weighted by atomic mass is 10.1. The summed E-state index contributed by atoms with van der Waals surface area (Å²) in [5.74, 6) is 0.352. The molecule has 1 aliphatic carbocycles. The van der Waals surface area contributed by atoms with Gasteiger partial charge in [0.15, 0.2) is 0 Å². The van der Waals surface area contributed by atoms with Gasteiger partial charge in [-0.3, -0.25) is 10.1 Å². The van der Waals surface area contributed by atoms with Gasteiger partial charge in [0.05, 0.1) is 21.7 Å². The molecule has 0 bridgehead atoms. The highest BCUT2D eigenvalue weighted by atomic mass is 32.1. The quantitative estimate of drug-likeness (QED) is 0.546. The first kappa shape index (κ1) is 15.6. The van der Waals surface area contributed by atoms with Gasteiger partial charge in [0, 0.05) is 11.3 Å². The summed E-state index contributed by atoms with van der Waals surface area (Å²) in [6.07, 6.45) is 2.34. The summed E-state index contributed by atoms with van der Waals surface area (Å²) in [7, 11) is 0. The first-order chi connectivity index (χ1) is 12.8. The molecule has 3 heterocycles. The van der Waals surface area contributed by atoms with E-state index in [1.807, 2.05) is 47.8 Å². The van der Waals surface area contributed by atoms with Crippen LogP contribution in [-0.4, -0.2) is 21.1 Å². The molecule has 0 saturated heterocycles. The molecule has 7 heteroatoms. The maximum Gasteiger partial charge on any atom is 0.258 e. The number of hydrogen-bond donors (Lipinski definition) is 1. The van der Waals surface area contributed by atoms with E-state index in [0.717, 1.165) is 26.5 Å². The molecule has 1 aromatic carbocycles. The van der Waals surface area contributed by atoms with Crippen molar-refractivity contribution in [3.8, 4) is 10.6 Å². The van der Waals surface area contributed by atoms with E-state index in [9.17, 15) is 4.79 Å². The number of carbonyl (C=O) groups excluding carboxylic acids is 1. The van der Waals surface area contributed by atoms with Crippen LogP contribution in [0.5, 0.6) is 0 Å². The number of benzene rings is 1. The van der Waals surface area contributed by atoms with E-state index in [0.29, 0.717) is 16.6 Å². The van der Waals surface area contributed by atoms with Gasteiger partial charge < -0.3 is 0 Å². The van der Waals surface area contributed by atoms with E-state index in [2.05, 4.69) is 15.5 Å². The van der Waals surface area contributed by atoms with Crippen LogP contribution in [-0.2, 0) is 0 Å². The Kier molecular flexibility index (Phi) is 3.76. The molecule has 0 unspecified atom stereocenters. The monoisotopic (exact) mass is 378 g/mol. The van der Waals surface area contributed by atoms with Gasteiger partial charge in [0.25, 0.3) is 5.91 Å². The maximum atomic E-state index is 12.9. The zero-order chi connectivity index (χ0) is 17.5. The molecule has 0 radical (unpaired) electrons. The molecule has 0 spiro atoms. The van der Waals surface area contributed by atoms with Gasteiger partial charge in [-0.05, 0) is 36.4 Å². The third-order valence-corrected chi connectivity index (χ3v) is 6.22. The minimum Gasteiger partial charge on any atom is -0.296 e. The summed E-state index contributed by atoms with van der Waals surface area (Å²) in [6, 6.07) is 13.5. The van der Waals surface area contributed by atoms with Crippen molar-refractivity contribution in [1.82, 2.24) is 15.2 Å². The molecular weight excluding hydrogens is 364 g/mol. The third-order valence-electron chi connectivity index (χ3n) is 4.32. The highest BCUT2D eigenvalue weighted by Crippen LogP contribution is 2.42. The van der Waals surface area contributed by atoms with Crippen LogP contribution in [0.1, 0.15) is 34.1 Å². The zero-order valence-corrected chi connectivity index (χ0v) is 15.3. The van der Waals surface area contributed by atoms with Crippen molar-refractivity contribution in [2.24, 2.45) is 0 Å². The normalized spacial score (nSPS) is 13.8. The van der Waals surface area contributed by atoms with Crippen molar-refractivity contribution in [3.05, 3.63) is 58.4 Å². The molecule has 3 aromatic heterocycles. The largest absolute Gasteiger partial charge is 0.296 e. The minimum absolute atomic E-state index is 0.181. The van der Waals surface area contributed by atoms with Crippen molar-refractivity contribution in [3.63, 3.8) is 0 Å². The Labute approximate surface area is 157 Å². The first-order valence-electron chi connectivity index (χ1n) is 8.36. The summed E-state index contributed by atoms with van der Waals surface area (Å²) < 4.78 is 0. The number of carbonyl (C=O) groups is 1. The van der Waals surface area contributed by atoms with E-state index in [1.54, 1.807) is 11.3 Å². The first-order valence-corrected chi connectivity index (χ1v) is 10.1. The van der Waals surface area contributed by atoms with Crippen molar-refractivity contribution in [1.29, 1.82) is 0 Å². The lowest BCUT2D eigenvalue weighted by Crippen LogP contribution is -2.13. The van der Waals surface area contributed by atoms with E-state index in [-0.39, 0.29) is 5.91 Å². The number of fused-ring (bicyclic) bond motifs is 1. The maximum absolute atomic E-state index is 12.9. The molecule has 1 N–H and O–H groups in total. The van der Waals surface area contributed by atoms with Crippen LogP contribution in [0.4, 0.5) is 5.13 Å². The van der Waals surface area contributed by atoms with Crippen molar-refractivity contribution in [2.75, 3.05) is 5.32 Å². The molecule has 128 valence electrons. The fraction of sp³-hybridized carbons (Fsp3) is 0.158. The summed E-state index contributed by atoms with van der Waals surface area (Å²) in [5.41, 5.74) is 2.21. The lowest BCUT2D eigenvalue weighted by Gasteiger charge is -2.08. The van der Waals surface area contributed by atoms with E-state index in [4.69, 9.17) is 4.98 Å². The number of para-hydroxylation sites is 1.